The normalized spacial score (nSPS) is 17.7. The van der Waals surface area contributed by atoms with Crippen molar-refractivity contribution in [3.8, 4) is 11.5 Å². The number of para-hydroxylation sites is 1. The maximum absolute atomic E-state index is 12.8. The number of amides is 1. The minimum atomic E-state index is -0.789. The van der Waals surface area contributed by atoms with E-state index in [0.717, 1.165) is 12.8 Å². The summed E-state index contributed by atoms with van der Waals surface area (Å²) in [6.45, 7) is 1.27. The van der Waals surface area contributed by atoms with Crippen LogP contribution in [0.4, 0.5) is 0 Å². The maximum atomic E-state index is 12.8. The number of carboxylic acids is 1. The van der Waals surface area contributed by atoms with Crippen LogP contribution in [0.5, 0.6) is 11.5 Å². The molecule has 6 heteroatoms. The van der Waals surface area contributed by atoms with Gasteiger partial charge in [-0.15, -0.1) is 0 Å². The number of hydrogen-bond acceptors (Lipinski definition) is 4. The molecular formula is C17H23NO5. The van der Waals surface area contributed by atoms with E-state index in [1.54, 1.807) is 23.1 Å². The van der Waals surface area contributed by atoms with Gasteiger partial charge in [0.25, 0.3) is 5.91 Å². The Kier molecular flexibility index (Phi) is 5.84. The predicted molar refractivity (Wildman–Crippen MR) is 85.0 cm³/mol. The van der Waals surface area contributed by atoms with Gasteiger partial charge in [0.15, 0.2) is 11.5 Å². The van der Waals surface area contributed by atoms with Gasteiger partial charge in [0.05, 0.1) is 19.8 Å². The topological polar surface area (TPSA) is 76.1 Å². The van der Waals surface area contributed by atoms with Crippen molar-refractivity contribution in [1.82, 2.24) is 4.90 Å². The number of carboxylic acid groups (broad SMARTS) is 1. The first-order valence-corrected chi connectivity index (χ1v) is 7.78. The summed E-state index contributed by atoms with van der Waals surface area (Å²) in [6, 6.07) is 5.24. The second-order valence-corrected chi connectivity index (χ2v) is 5.73. The summed E-state index contributed by atoms with van der Waals surface area (Å²) in [6.07, 6.45) is 2.61. The first kappa shape index (κ1) is 17.1. The monoisotopic (exact) mass is 321 g/mol. The lowest BCUT2D eigenvalue weighted by atomic mass is 9.93. The molecular weight excluding hydrogens is 298 g/mol. The van der Waals surface area contributed by atoms with Gasteiger partial charge in [0.2, 0.25) is 0 Å². The fourth-order valence-electron chi connectivity index (χ4n) is 3.04. The SMILES string of the molecule is COc1cccc(C(=O)N2CCC[C@H](CCC(=O)O)C2)c1OC. The molecule has 1 saturated heterocycles. The van der Waals surface area contributed by atoms with Crippen molar-refractivity contribution in [2.45, 2.75) is 25.7 Å². The van der Waals surface area contributed by atoms with Gasteiger partial charge >= 0.3 is 5.97 Å². The molecule has 6 nitrogen and oxygen atoms in total. The van der Waals surface area contributed by atoms with Crippen LogP contribution in [0.25, 0.3) is 0 Å². The second-order valence-electron chi connectivity index (χ2n) is 5.73. The van der Waals surface area contributed by atoms with Gasteiger partial charge in [-0.05, 0) is 37.3 Å². The number of hydrogen-bond donors (Lipinski definition) is 1. The van der Waals surface area contributed by atoms with Crippen molar-refractivity contribution >= 4 is 11.9 Å². The molecule has 2 rings (SSSR count). The number of nitrogens with zero attached hydrogens (tertiary/aromatic N) is 1. The molecule has 0 aromatic heterocycles. The van der Waals surface area contributed by atoms with Crippen LogP contribution in [0.1, 0.15) is 36.0 Å². The van der Waals surface area contributed by atoms with Crippen molar-refractivity contribution in [2.75, 3.05) is 27.3 Å². The highest BCUT2D eigenvalue weighted by molar-refractivity contribution is 5.97. The van der Waals surface area contributed by atoms with E-state index in [1.165, 1.54) is 14.2 Å². The molecule has 1 heterocycles. The van der Waals surface area contributed by atoms with Gasteiger partial charge in [-0.3, -0.25) is 9.59 Å². The highest BCUT2D eigenvalue weighted by atomic mass is 16.5. The van der Waals surface area contributed by atoms with E-state index in [0.29, 0.717) is 36.6 Å². The van der Waals surface area contributed by atoms with Gasteiger partial charge in [-0.2, -0.15) is 0 Å². The molecule has 23 heavy (non-hydrogen) atoms. The summed E-state index contributed by atoms with van der Waals surface area (Å²) in [5, 5.41) is 8.81. The summed E-state index contributed by atoms with van der Waals surface area (Å²) in [5.41, 5.74) is 0.478. The van der Waals surface area contributed by atoms with Crippen LogP contribution < -0.4 is 9.47 Å². The van der Waals surface area contributed by atoms with Gasteiger partial charge in [0.1, 0.15) is 0 Å². The fraction of sp³-hybridized carbons (Fsp3) is 0.529. The van der Waals surface area contributed by atoms with E-state index in [4.69, 9.17) is 14.6 Å². The summed E-state index contributed by atoms with van der Waals surface area (Å²) >= 11 is 0. The Morgan fingerprint density at radius 3 is 2.74 bits per heavy atom. The van der Waals surface area contributed by atoms with Crippen LogP contribution in [0.2, 0.25) is 0 Å². The Hall–Kier alpha value is -2.24. The number of piperidine rings is 1. The molecule has 0 spiro atoms. The highest BCUT2D eigenvalue weighted by Gasteiger charge is 2.27. The van der Waals surface area contributed by atoms with E-state index in [1.807, 2.05) is 0 Å². The molecule has 1 aliphatic heterocycles. The van der Waals surface area contributed by atoms with E-state index < -0.39 is 5.97 Å². The molecule has 1 amide bonds. The molecule has 0 unspecified atom stereocenters. The van der Waals surface area contributed by atoms with E-state index >= 15 is 0 Å². The lowest BCUT2D eigenvalue weighted by Crippen LogP contribution is -2.40. The van der Waals surface area contributed by atoms with Crippen molar-refractivity contribution in [3.63, 3.8) is 0 Å². The Labute approximate surface area is 136 Å². The number of carbonyl (C=O) groups is 2. The lowest BCUT2D eigenvalue weighted by molar-refractivity contribution is -0.137. The number of ether oxygens (including phenoxy) is 2. The van der Waals surface area contributed by atoms with Crippen LogP contribution >= 0.6 is 0 Å². The summed E-state index contributed by atoms with van der Waals surface area (Å²) in [5.74, 6) is 0.314. The van der Waals surface area contributed by atoms with Crippen LogP contribution in [0.3, 0.4) is 0 Å². The third kappa shape index (κ3) is 4.15. The number of likely N-dealkylation sites (tertiary alicyclic amines) is 1. The molecule has 0 saturated carbocycles. The van der Waals surface area contributed by atoms with Crippen molar-refractivity contribution in [1.29, 1.82) is 0 Å². The third-order valence-electron chi connectivity index (χ3n) is 4.21. The number of carbonyl (C=O) groups excluding carboxylic acids is 1. The summed E-state index contributed by atoms with van der Waals surface area (Å²) in [4.78, 5) is 25.3. The van der Waals surface area contributed by atoms with Gasteiger partial charge in [0, 0.05) is 19.5 Å². The number of methoxy groups -OCH3 is 2. The van der Waals surface area contributed by atoms with E-state index in [2.05, 4.69) is 0 Å². The van der Waals surface area contributed by atoms with Crippen LogP contribution in [-0.4, -0.2) is 49.2 Å². The number of benzene rings is 1. The van der Waals surface area contributed by atoms with Crippen molar-refractivity contribution < 1.29 is 24.2 Å². The molecule has 1 atom stereocenters. The zero-order valence-corrected chi connectivity index (χ0v) is 13.6. The van der Waals surface area contributed by atoms with E-state index in [-0.39, 0.29) is 18.2 Å². The van der Waals surface area contributed by atoms with E-state index in [9.17, 15) is 9.59 Å². The maximum Gasteiger partial charge on any atom is 0.303 e. The van der Waals surface area contributed by atoms with Crippen LogP contribution in [-0.2, 0) is 4.79 Å². The van der Waals surface area contributed by atoms with Crippen molar-refractivity contribution in [2.24, 2.45) is 5.92 Å². The van der Waals surface area contributed by atoms with Gasteiger partial charge in [-0.1, -0.05) is 6.07 Å². The van der Waals surface area contributed by atoms with Crippen LogP contribution in [0, 0.1) is 5.92 Å². The standard InChI is InChI=1S/C17H23NO5/c1-22-14-7-3-6-13(16(14)23-2)17(21)18-10-4-5-12(11-18)8-9-15(19)20/h3,6-7,12H,4-5,8-11H2,1-2H3,(H,19,20)/t12-/m1/s1. The van der Waals surface area contributed by atoms with Crippen LogP contribution in [0.15, 0.2) is 18.2 Å². The molecule has 1 aliphatic rings. The molecule has 0 radical (unpaired) electrons. The third-order valence-corrected chi connectivity index (χ3v) is 4.21. The Balaban J connectivity index is 2.12. The summed E-state index contributed by atoms with van der Waals surface area (Å²) in [7, 11) is 3.05. The first-order valence-electron chi connectivity index (χ1n) is 7.78. The zero-order chi connectivity index (χ0) is 16.8. The zero-order valence-electron chi connectivity index (χ0n) is 13.6. The second kappa shape index (κ2) is 7.85. The minimum absolute atomic E-state index is 0.0965. The molecule has 1 aromatic carbocycles. The number of rotatable bonds is 6. The number of aliphatic carboxylic acids is 1. The highest BCUT2D eigenvalue weighted by Crippen LogP contribution is 2.32. The Morgan fingerprint density at radius 2 is 2.09 bits per heavy atom. The fourth-order valence-corrected chi connectivity index (χ4v) is 3.04. The first-order chi connectivity index (χ1) is 11.1. The van der Waals surface area contributed by atoms with Gasteiger partial charge < -0.3 is 19.5 Å². The Bertz CT molecular complexity index is 572. The average molecular weight is 321 g/mol. The van der Waals surface area contributed by atoms with Gasteiger partial charge in [-0.25, -0.2) is 0 Å². The average Bonchev–Trinajstić information content (AvgIpc) is 2.58. The Morgan fingerprint density at radius 1 is 1.30 bits per heavy atom. The largest absolute Gasteiger partial charge is 0.493 e. The molecule has 0 aliphatic carbocycles. The van der Waals surface area contributed by atoms with Crippen molar-refractivity contribution in [3.05, 3.63) is 23.8 Å². The summed E-state index contributed by atoms with van der Waals surface area (Å²) < 4.78 is 10.6. The molecule has 1 aromatic rings. The lowest BCUT2D eigenvalue weighted by Gasteiger charge is -2.33. The molecule has 0 bridgehead atoms. The molecule has 1 N–H and O–H groups in total. The molecule has 1 fully saturated rings. The smallest absolute Gasteiger partial charge is 0.303 e. The predicted octanol–water partition coefficient (Wildman–Crippen LogP) is 2.42. The molecule has 126 valence electrons. The minimum Gasteiger partial charge on any atom is -0.493 e. The quantitative estimate of drug-likeness (QED) is 0.871.